The van der Waals surface area contributed by atoms with Crippen LogP contribution in [0.25, 0.3) is 12.2 Å². The van der Waals surface area contributed by atoms with Crippen molar-refractivity contribution >= 4 is 35.2 Å². The van der Waals surface area contributed by atoms with Gasteiger partial charge in [0.05, 0.1) is 5.56 Å². The molecule has 0 aliphatic carbocycles. The number of allylic oxidation sites excluding steroid dienone is 1. The maximum atomic E-state index is 12.5. The standard InChI is InChI=1S/C23H16O4S/c1-15-11-12-28-21(15)14-20-23(25)18-9-8-17(13-19(18)27-20)26-22(24)10-7-16-5-3-2-4-6-16/h2-14H,1H3. The largest absolute Gasteiger partial charge is 0.452 e. The third-order valence-electron chi connectivity index (χ3n) is 4.24. The van der Waals surface area contributed by atoms with Crippen LogP contribution in [0.2, 0.25) is 0 Å². The summed E-state index contributed by atoms with van der Waals surface area (Å²) in [6.07, 6.45) is 4.79. The maximum Gasteiger partial charge on any atom is 0.336 e. The number of rotatable bonds is 4. The van der Waals surface area contributed by atoms with Crippen LogP contribution >= 0.6 is 11.3 Å². The number of carbonyl (C=O) groups is 2. The van der Waals surface area contributed by atoms with E-state index in [1.807, 2.05) is 48.7 Å². The molecular formula is C23H16O4S. The molecule has 4 rings (SSSR count). The lowest BCUT2D eigenvalue weighted by molar-refractivity contribution is -0.128. The van der Waals surface area contributed by atoms with E-state index in [1.165, 1.54) is 6.08 Å². The molecule has 138 valence electrons. The molecule has 0 spiro atoms. The van der Waals surface area contributed by atoms with E-state index in [4.69, 9.17) is 9.47 Å². The van der Waals surface area contributed by atoms with Gasteiger partial charge in [-0.15, -0.1) is 11.3 Å². The molecule has 0 fully saturated rings. The summed E-state index contributed by atoms with van der Waals surface area (Å²) in [5, 5.41) is 1.97. The average Bonchev–Trinajstić information content (AvgIpc) is 3.24. The van der Waals surface area contributed by atoms with Crippen LogP contribution in [0.5, 0.6) is 11.5 Å². The molecule has 0 saturated carbocycles. The molecule has 0 unspecified atom stereocenters. The molecule has 1 aliphatic rings. The summed E-state index contributed by atoms with van der Waals surface area (Å²) in [4.78, 5) is 25.5. The molecule has 0 radical (unpaired) electrons. The van der Waals surface area contributed by atoms with Gasteiger partial charge >= 0.3 is 5.97 Å². The van der Waals surface area contributed by atoms with Crippen molar-refractivity contribution in [3.8, 4) is 11.5 Å². The van der Waals surface area contributed by atoms with Crippen molar-refractivity contribution in [2.45, 2.75) is 6.92 Å². The molecule has 5 heteroatoms. The second-order valence-electron chi connectivity index (χ2n) is 6.23. The van der Waals surface area contributed by atoms with Crippen molar-refractivity contribution in [1.29, 1.82) is 0 Å². The summed E-state index contributed by atoms with van der Waals surface area (Å²) in [5.74, 6) is 0.307. The Bertz CT molecular complexity index is 1110. The van der Waals surface area contributed by atoms with E-state index in [2.05, 4.69) is 0 Å². The number of esters is 1. The Hall–Kier alpha value is -3.44. The van der Waals surface area contributed by atoms with E-state index >= 15 is 0 Å². The molecule has 0 N–H and O–H groups in total. The van der Waals surface area contributed by atoms with Crippen molar-refractivity contribution in [3.63, 3.8) is 0 Å². The molecule has 1 aliphatic heterocycles. The van der Waals surface area contributed by atoms with Crippen LogP contribution in [0.1, 0.15) is 26.4 Å². The molecule has 0 atom stereocenters. The normalized spacial score (nSPS) is 14.3. The summed E-state index contributed by atoms with van der Waals surface area (Å²) in [6, 6.07) is 16.2. The molecule has 1 aromatic heterocycles. The number of thiophene rings is 1. The van der Waals surface area contributed by atoms with Gasteiger partial charge in [-0.2, -0.15) is 0 Å². The van der Waals surface area contributed by atoms with Crippen molar-refractivity contribution in [2.24, 2.45) is 0 Å². The number of ether oxygens (including phenoxy) is 2. The lowest BCUT2D eigenvalue weighted by Gasteiger charge is -2.03. The van der Waals surface area contributed by atoms with Crippen LogP contribution in [0.3, 0.4) is 0 Å². The third kappa shape index (κ3) is 3.80. The number of carbonyl (C=O) groups excluding carboxylic acids is 2. The zero-order valence-electron chi connectivity index (χ0n) is 15.0. The van der Waals surface area contributed by atoms with Gasteiger partial charge in [-0.25, -0.2) is 4.79 Å². The van der Waals surface area contributed by atoms with Gasteiger partial charge < -0.3 is 9.47 Å². The van der Waals surface area contributed by atoms with E-state index in [-0.39, 0.29) is 11.5 Å². The lowest BCUT2D eigenvalue weighted by atomic mass is 10.1. The Balaban J connectivity index is 1.49. The van der Waals surface area contributed by atoms with E-state index in [1.54, 1.807) is 41.7 Å². The van der Waals surface area contributed by atoms with Gasteiger partial charge in [0.15, 0.2) is 5.76 Å². The molecule has 4 nitrogen and oxygen atoms in total. The Kier molecular flexibility index (Phi) is 4.91. The second-order valence-corrected chi connectivity index (χ2v) is 7.18. The Morgan fingerprint density at radius 1 is 1.11 bits per heavy atom. The van der Waals surface area contributed by atoms with E-state index in [0.29, 0.717) is 17.1 Å². The van der Waals surface area contributed by atoms with Crippen molar-refractivity contribution in [1.82, 2.24) is 0 Å². The quantitative estimate of drug-likeness (QED) is 0.346. The summed E-state index contributed by atoms with van der Waals surface area (Å²) in [7, 11) is 0. The van der Waals surface area contributed by atoms with Crippen LogP contribution in [0.15, 0.2) is 71.8 Å². The maximum absolute atomic E-state index is 12.5. The van der Waals surface area contributed by atoms with Crippen LogP contribution < -0.4 is 9.47 Å². The Labute approximate surface area is 166 Å². The van der Waals surface area contributed by atoms with Crippen LogP contribution in [0.4, 0.5) is 0 Å². The number of hydrogen-bond acceptors (Lipinski definition) is 5. The van der Waals surface area contributed by atoms with Crippen LogP contribution in [0, 0.1) is 6.92 Å². The SMILES string of the molecule is Cc1ccsc1C=C1Oc2cc(OC(=O)C=Cc3ccccc3)ccc2C1=O. The molecule has 0 amide bonds. The summed E-state index contributed by atoms with van der Waals surface area (Å²) < 4.78 is 11.0. The minimum absolute atomic E-state index is 0.176. The number of ketones is 1. The molecule has 3 aromatic rings. The summed E-state index contributed by atoms with van der Waals surface area (Å²) in [5.41, 5.74) is 2.45. The molecule has 28 heavy (non-hydrogen) atoms. The number of fused-ring (bicyclic) bond motifs is 1. The first-order valence-electron chi connectivity index (χ1n) is 8.67. The van der Waals surface area contributed by atoms with Crippen molar-refractivity contribution in [3.05, 3.63) is 93.4 Å². The minimum atomic E-state index is -0.502. The monoisotopic (exact) mass is 388 g/mol. The van der Waals surface area contributed by atoms with Gasteiger partial charge in [-0.05, 0) is 47.7 Å². The zero-order valence-corrected chi connectivity index (χ0v) is 15.9. The predicted molar refractivity (Wildman–Crippen MR) is 110 cm³/mol. The second kappa shape index (κ2) is 7.66. The minimum Gasteiger partial charge on any atom is -0.452 e. The van der Waals surface area contributed by atoms with E-state index in [0.717, 1.165) is 16.0 Å². The van der Waals surface area contributed by atoms with E-state index < -0.39 is 5.97 Å². The fourth-order valence-electron chi connectivity index (χ4n) is 2.76. The molecule has 0 bridgehead atoms. The molecule has 2 heterocycles. The fraction of sp³-hybridized carbons (Fsp3) is 0.0435. The average molecular weight is 388 g/mol. The Morgan fingerprint density at radius 2 is 1.93 bits per heavy atom. The molecule has 2 aromatic carbocycles. The summed E-state index contributed by atoms with van der Waals surface area (Å²) in [6.45, 7) is 1.98. The first kappa shape index (κ1) is 17.9. The Morgan fingerprint density at radius 3 is 2.68 bits per heavy atom. The molecular weight excluding hydrogens is 372 g/mol. The van der Waals surface area contributed by atoms with E-state index in [9.17, 15) is 9.59 Å². The van der Waals surface area contributed by atoms with Gasteiger partial charge in [0.1, 0.15) is 11.5 Å². The van der Waals surface area contributed by atoms with Crippen LogP contribution in [-0.2, 0) is 4.79 Å². The highest BCUT2D eigenvalue weighted by Gasteiger charge is 2.28. The zero-order chi connectivity index (χ0) is 19.5. The number of Topliss-reactive ketones (excluding diaryl/α,β-unsaturated/α-hetero) is 1. The van der Waals surface area contributed by atoms with Gasteiger partial charge in [0, 0.05) is 23.1 Å². The lowest BCUT2D eigenvalue weighted by Crippen LogP contribution is -2.03. The highest BCUT2D eigenvalue weighted by molar-refractivity contribution is 7.11. The van der Waals surface area contributed by atoms with Gasteiger partial charge in [0.2, 0.25) is 5.78 Å². The summed E-state index contributed by atoms with van der Waals surface area (Å²) >= 11 is 1.55. The first-order valence-corrected chi connectivity index (χ1v) is 9.55. The fourth-order valence-corrected chi connectivity index (χ4v) is 3.61. The van der Waals surface area contributed by atoms with Crippen molar-refractivity contribution < 1.29 is 19.1 Å². The number of benzene rings is 2. The van der Waals surface area contributed by atoms with Gasteiger partial charge in [-0.1, -0.05) is 30.3 Å². The first-order chi connectivity index (χ1) is 13.6. The van der Waals surface area contributed by atoms with Crippen molar-refractivity contribution in [2.75, 3.05) is 0 Å². The smallest absolute Gasteiger partial charge is 0.336 e. The van der Waals surface area contributed by atoms with Crippen LogP contribution in [-0.4, -0.2) is 11.8 Å². The highest BCUT2D eigenvalue weighted by Crippen LogP contribution is 2.35. The number of aryl methyl sites for hydroxylation is 1. The highest BCUT2D eigenvalue weighted by atomic mass is 32.1. The van der Waals surface area contributed by atoms with Gasteiger partial charge in [0.25, 0.3) is 0 Å². The van der Waals surface area contributed by atoms with Gasteiger partial charge in [-0.3, -0.25) is 4.79 Å². The number of hydrogen-bond donors (Lipinski definition) is 0. The third-order valence-corrected chi connectivity index (χ3v) is 5.20. The topological polar surface area (TPSA) is 52.6 Å². The predicted octanol–water partition coefficient (Wildman–Crippen LogP) is 5.29. The molecule has 0 saturated heterocycles.